The Morgan fingerprint density at radius 1 is 1.13 bits per heavy atom. The van der Waals surface area contributed by atoms with Crippen LogP contribution in [0.15, 0.2) is 22.7 Å². The van der Waals surface area contributed by atoms with Gasteiger partial charge in [-0.25, -0.2) is 4.98 Å². The molecule has 0 amide bonds. The molecule has 2 rings (SSSR count). The Kier molecular flexibility index (Phi) is 2.23. The number of aryl methyl sites for hydroxylation is 3. The summed E-state index contributed by atoms with van der Waals surface area (Å²) in [5.74, 6) is 0.738. The van der Waals surface area contributed by atoms with Crippen molar-refractivity contribution in [2.24, 2.45) is 0 Å². The number of hydrogen-bond donors (Lipinski definition) is 1. The molecular weight excluding hydrogens is 188 g/mol. The van der Waals surface area contributed by atoms with Crippen LogP contribution in [0.5, 0.6) is 0 Å². The van der Waals surface area contributed by atoms with Crippen LogP contribution in [-0.2, 0) is 0 Å². The summed E-state index contributed by atoms with van der Waals surface area (Å²) in [6, 6.07) is 4.46. The Balaban J connectivity index is 2.62. The first-order chi connectivity index (χ1) is 7.08. The smallest absolute Gasteiger partial charge is 0.292 e. The van der Waals surface area contributed by atoms with Gasteiger partial charge < -0.3 is 10.2 Å². The average Bonchev–Trinajstić information content (AvgIpc) is 2.49. The van der Waals surface area contributed by atoms with Crippen molar-refractivity contribution >= 4 is 6.01 Å². The number of nitrogens with two attached hydrogens (primary N) is 1. The van der Waals surface area contributed by atoms with Gasteiger partial charge >= 0.3 is 0 Å². The Labute approximate surface area is 88.9 Å². The summed E-state index contributed by atoms with van der Waals surface area (Å²) >= 11 is 0. The SMILES string of the molecule is Cc1cc(C)c(-c2cnc(N)o2)c(C)c1. The van der Waals surface area contributed by atoms with Gasteiger partial charge in [0.15, 0.2) is 5.76 Å². The van der Waals surface area contributed by atoms with Gasteiger partial charge in [-0.05, 0) is 31.9 Å². The van der Waals surface area contributed by atoms with E-state index in [1.807, 2.05) is 0 Å². The predicted octanol–water partition coefficient (Wildman–Crippen LogP) is 2.85. The Morgan fingerprint density at radius 2 is 1.73 bits per heavy atom. The van der Waals surface area contributed by atoms with E-state index in [-0.39, 0.29) is 6.01 Å². The molecule has 3 nitrogen and oxygen atoms in total. The molecule has 0 unspecified atom stereocenters. The minimum atomic E-state index is 0.212. The van der Waals surface area contributed by atoms with E-state index in [9.17, 15) is 0 Å². The highest BCUT2D eigenvalue weighted by atomic mass is 16.4. The van der Waals surface area contributed by atoms with Gasteiger partial charge in [-0.1, -0.05) is 17.7 Å². The minimum absolute atomic E-state index is 0.212. The quantitative estimate of drug-likeness (QED) is 0.773. The zero-order chi connectivity index (χ0) is 11.0. The van der Waals surface area contributed by atoms with E-state index in [0.29, 0.717) is 0 Å². The Bertz CT molecular complexity index is 477. The van der Waals surface area contributed by atoms with Crippen molar-refractivity contribution in [3.05, 3.63) is 35.0 Å². The maximum atomic E-state index is 5.47. The van der Waals surface area contributed by atoms with Crippen molar-refractivity contribution in [3.63, 3.8) is 0 Å². The third-order valence-corrected chi connectivity index (χ3v) is 2.45. The van der Waals surface area contributed by atoms with Crippen molar-refractivity contribution in [1.29, 1.82) is 0 Å². The molecule has 0 bridgehead atoms. The number of aromatic nitrogens is 1. The van der Waals surface area contributed by atoms with Gasteiger partial charge in [0.25, 0.3) is 6.01 Å². The van der Waals surface area contributed by atoms with Gasteiger partial charge in [0.05, 0.1) is 6.20 Å². The summed E-state index contributed by atoms with van der Waals surface area (Å²) in [4.78, 5) is 3.91. The van der Waals surface area contributed by atoms with Crippen LogP contribution in [0, 0.1) is 20.8 Å². The first-order valence-corrected chi connectivity index (χ1v) is 4.87. The molecule has 0 saturated carbocycles. The standard InChI is InChI=1S/C12H14N2O/c1-7-4-8(2)11(9(3)5-7)10-6-14-12(13)15-10/h4-6H,1-3H3,(H2,13,14). The molecule has 0 aliphatic rings. The lowest BCUT2D eigenvalue weighted by atomic mass is 9.98. The summed E-state index contributed by atoms with van der Waals surface area (Å²) in [6.07, 6.45) is 1.67. The third-order valence-electron chi connectivity index (χ3n) is 2.45. The van der Waals surface area contributed by atoms with E-state index in [1.54, 1.807) is 6.20 Å². The molecule has 0 saturated heterocycles. The number of rotatable bonds is 1. The zero-order valence-electron chi connectivity index (χ0n) is 9.16. The molecule has 0 aliphatic carbocycles. The fourth-order valence-corrected chi connectivity index (χ4v) is 1.97. The van der Waals surface area contributed by atoms with Crippen molar-refractivity contribution in [2.75, 3.05) is 5.73 Å². The van der Waals surface area contributed by atoms with Gasteiger partial charge in [0, 0.05) is 5.56 Å². The minimum Gasteiger partial charge on any atom is -0.424 e. The monoisotopic (exact) mass is 202 g/mol. The highest BCUT2D eigenvalue weighted by Gasteiger charge is 2.10. The second-order valence-electron chi connectivity index (χ2n) is 3.84. The number of hydrogen-bond acceptors (Lipinski definition) is 3. The normalized spacial score (nSPS) is 10.6. The number of anilines is 1. The molecule has 15 heavy (non-hydrogen) atoms. The third kappa shape index (κ3) is 1.73. The number of benzene rings is 1. The van der Waals surface area contributed by atoms with E-state index in [0.717, 1.165) is 11.3 Å². The molecule has 0 fully saturated rings. The van der Waals surface area contributed by atoms with Crippen molar-refractivity contribution < 1.29 is 4.42 Å². The Hall–Kier alpha value is -1.77. The molecule has 2 N–H and O–H groups in total. The number of nitrogen functional groups attached to an aromatic ring is 1. The van der Waals surface area contributed by atoms with Crippen molar-refractivity contribution in [2.45, 2.75) is 20.8 Å². The molecule has 3 heteroatoms. The summed E-state index contributed by atoms with van der Waals surface area (Å²) in [5, 5.41) is 0. The molecule has 1 aromatic heterocycles. The average molecular weight is 202 g/mol. The number of nitrogens with zero attached hydrogens (tertiary/aromatic N) is 1. The maximum Gasteiger partial charge on any atom is 0.292 e. The second kappa shape index (κ2) is 3.42. The Morgan fingerprint density at radius 3 is 2.20 bits per heavy atom. The summed E-state index contributed by atoms with van der Waals surface area (Å²) in [6.45, 7) is 6.21. The molecule has 0 aliphatic heterocycles. The zero-order valence-corrected chi connectivity index (χ0v) is 9.16. The van der Waals surface area contributed by atoms with Crippen LogP contribution in [0.2, 0.25) is 0 Å². The lowest BCUT2D eigenvalue weighted by Gasteiger charge is -2.07. The molecule has 2 aromatic rings. The van der Waals surface area contributed by atoms with Gasteiger partial charge in [-0.15, -0.1) is 0 Å². The first kappa shape index (κ1) is 9.77. The molecular formula is C12H14N2O. The summed E-state index contributed by atoms with van der Waals surface area (Å²) < 4.78 is 5.34. The fourth-order valence-electron chi connectivity index (χ4n) is 1.97. The van der Waals surface area contributed by atoms with E-state index < -0.39 is 0 Å². The molecule has 1 aromatic carbocycles. The maximum absolute atomic E-state index is 5.47. The fraction of sp³-hybridized carbons (Fsp3) is 0.250. The van der Waals surface area contributed by atoms with Gasteiger partial charge in [0.1, 0.15) is 0 Å². The van der Waals surface area contributed by atoms with Crippen LogP contribution in [0.3, 0.4) is 0 Å². The highest BCUT2D eigenvalue weighted by molar-refractivity contribution is 5.66. The van der Waals surface area contributed by atoms with Crippen molar-refractivity contribution in [1.82, 2.24) is 4.98 Å². The van der Waals surface area contributed by atoms with Crippen LogP contribution in [0.25, 0.3) is 11.3 Å². The van der Waals surface area contributed by atoms with Crippen LogP contribution in [-0.4, -0.2) is 4.98 Å². The van der Waals surface area contributed by atoms with Gasteiger partial charge in [-0.3, -0.25) is 0 Å². The summed E-state index contributed by atoms with van der Waals surface area (Å²) in [7, 11) is 0. The lowest BCUT2D eigenvalue weighted by molar-refractivity contribution is 0.594. The molecule has 78 valence electrons. The summed E-state index contributed by atoms with van der Waals surface area (Å²) in [5.41, 5.74) is 10.2. The van der Waals surface area contributed by atoms with Crippen LogP contribution in [0.4, 0.5) is 6.01 Å². The largest absolute Gasteiger partial charge is 0.424 e. The van der Waals surface area contributed by atoms with Crippen LogP contribution in [0.1, 0.15) is 16.7 Å². The van der Waals surface area contributed by atoms with Gasteiger partial charge in [0.2, 0.25) is 0 Å². The molecule has 0 spiro atoms. The van der Waals surface area contributed by atoms with E-state index in [1.165, 1.54) is 16.7 Å². The molecule has 0 atom stereocenters. The van der Waals surface area contributed by atoms with Crippen LogP contribution >= 0.6 is 0 Å². The molecule has 0 radical (unpaired) electrons. The van der Waals surface area contributed by atoms with E-state index >= 15 is 0 Å². The second-order valence-corrected chi connectivity index (χ2v) is 3.84. The van der Waals surface area contributed by atoms with Crippen molar-refractivity contribution in [3.8, 4) is 11.3 Å². The lowest BCUT2D eigenvalue weighted by Crippen LogP contribution is -1.88. The number of oxazole rings is 1. The van der Waals surface area contributed by atoms with E-state index in [2.05, 4.69) is 37.9 Å². The van der Waals surface area contributed by atoms with E-state index in [4.69, 9.17) is 10.2 Å². The molecule has 1 heterocycles. The topological polar surface area (TPSA) is 52.0 Å². The predicted molar refractivity (Wildman–Crippen MR) is 60.6 cm³/mol. The highest BCUT2D eigenvalue weighted by Crippen LogP contribution is 2.29. The van der Waals surface area contributed by atoms with Gasteiger partial charge in [-0.2, -0.15) is 0 Å². The van der Waals surface area contributed by atoms with Crippen LogP contribution < -0.4 is 5.73 Å². The first-order valence-electron chi connectivity index (χ1n) is 4.87.